The van der Waals surface area contributed by atoms with E-state index in [4.69, 9.17) is 4.74 Å². The summed E-state index contributed by atoms with van der Waals surface area (Å²) in [4.78, 5) is 16.3. The third-order valence-corrected chi connectivity index (χ3v) is 5.47. The predicted molar refractivity (Wildman–Crippen MR) is 106 cm³/mol. The second kappa shape index (κ2) is 13.0. The first-order valence-corrected chi connectivity index (χ1v) is 10.6. The molecule has 150 valence electrons. The van der Waals surface area contributed by atoms with E-state index in [2.05, 4.69) is 20.9 Å². The number of hydrogen-bond acceptors (Lipinski definition) is 3. The smallest absolute Gasteiger partial charge is 0.223 e. The molecule has 2 rings (SSSR count). The minimum atomic E-state index is 0.214. The van der Waals surface area contributed by atoms with Crippen LogP contribution in [0.25, 0.3) is 0 Å². The molecule has 1 amide bonds. The Bertz CT molecular complexity index is 414. The van der Waals surface area contributed by atoms with Gasteiger partial charge in [0.2, 0.25) is 5.91 Å². The van der Waals surface area contributed by atoms with Crippen LogP contribution in [0.5, 0.6) is 0 Å². The minimum Gasteiger partial charge on any atom is -0.376 e. The molecule has 6 heteroatoms. The first-order chi connectivity index (χ1) is 12.8. The van der Waals surface area contributed by atoms with Gasteiger partial charge >= 0.3 is 0 Å². The monoisotopic (exact) mass is 366 g/mol. The van der Waals surface area contributed by atoms with E-state index in [1.807, 2.05) is 0 Å². The molecule has 2 saturated carbocycles. The van der Waals surface area contributed by atoms with Crippen LogP contribution in [0.4, 0.5) is 0 Å². The van der Waals surface area contributed by atoms with E-state index >= 15 is 0 Å². The molecular weight excluding hydrogens is 328 g/mol. The number of rotatable bonds is 8. The molecule has 0 unspecified atom stereocenters. The maximum absolute atomic E-state index is 12.1. The van der Waals surface area contributed by atoms with Crippen molar-refractivity contribution >= 4 is 11.9 Å². The van der Waals surface area contributed by atoms with Crippen LogP contribution in [0.1, 0.15) is 70.6 Å². The van der Waals surface area contributed by atoms with Crippen molar-refractivity contribution in [1.29, 1.82) is 0 Å². The van der Waals surface area contributed by atoms with Crippen molar-refractivity contribution in [3.05, 3.63) is 0 Å². The highest BCUT2D eigenvalue weighted by molar-refractivity contribution is 5.80. The van der Waals surface area contributed by atoms with E-state index in [1.165, 1.54) is 57.8 Å². The number of guanidine groups is 1. The molecule has 3 N–H and O–H groups in total. The van der Waals surface area contributed by atoms with Crippen molar-refractivity contribution < 1.29 is 9.53 Å². The van der Waals surface area contributed by atoms with Gasteiger partial charge in [-0.3, -0.25) is 9.79 Å². The summed E-state index contributed by atoms with van der Waals surface area (Å²) in [5.41, 5.74) is 0. The van der Waals surface area contributed by atoms with E-state index in [-0.39, 0.29) is 11.8 Å². The SMILES string of the molecule is CN=C(NCCNC(=O)C1CCCCC1)NCCOC1CCCCCC1. The zero-order valence-corrected chi connectivity index (χ0v) is 16.5. The summed E-state index contributed by atoms with van der Waals surface area (Å²) in [7, 11) is 1.77. The van der Waals surface area contributed by atoms with Gasteiger partial charge in [-0.1, -0.05) is 44.9 Å². The molecule has 0 heterocycles. The summed E-state index contributed by atoms with van der Waals surface area (Å²) in [6.07, 6.45) is 13.9. The molecule has 0 bridgehead atoms. The zero-order valence-electron chi connectivity index (χ0n) is 16.5. The summed E-state index contributed by atoms with van der Waals surface area (Å²) >= 11 is 0. The van der Waals surface area contributed by atoms with Gasteiger partial charge in [0.25, 0.3) is 0 Å². The number of nitrogens with zero attached hydrogens (tertiary/aromatic N) is 1. The number of aliphatic imine (C=N–C) groups is 1. The first kappa shape index (κ1) is 21.0. The number of carbonyl (C=O) groups excluding carboxylic acids is 1. The van der Waals surface area contributed by atoms with Crippen molar-refractivity contribution in [3.8, 4) is 0 Å². The average molecular weight is 367 g/mol. The number of carbonyl (C=O) groups is 1. The Hall–Kier alpha value is -1.30. The second-order valence-electron chi connectivity index (χ2n) is 7.54. The standard InChI is InChI=1S/C20H38N4O2/c1-21-20(24-15-16-26-18-11-7-2-3-8-12-18)23-14-13-22-19(25)17-9-5-4-6-10-17/h17-18H,2-16H2,1H3,(H,22,25)(H2,21,23,24). The van der Waals surface area contributed by atoms with E-state index in [0.717, 1.165) is 25.3 Å². The summed E-state index contributed by atoms with van der Waals surface area (Å²) in [6.45, 7) is 2.78. The Morgan fingerprint density at radius 3 is 2.12 bits per heavy atom. The highest BCUT2D eigenvalue weighted by Crippen LogP contribution is 2.23. The Morgan fingerprint density at radius 1 is 0.846 bits per heavy atom. The predicted octanol–water partition coefficient (Wildman–Crippen LogP) is 2.59. The van der Waals surface area contributed by atoms with Gasteiger partial charge in [0.05, 0.1) is 12.7 Å². The number of hydrogen-bond donors (Lipinski definition) is 3. The molecule has 0 aromatic heterocycles. The normalized spacial score (nSPS) is 20.4. The molecule has 2 aliphatic rings. The van der Waals surface area contributed by atoms with Crippen LogP contribution in [0, 0.1) is 5.92 Å². The van der Waals surface area contributed by atoms with Gasteiger partial charge < -0.3 is 20.7 Å². The summed E-state index contributed by atoms with van der Waals surface area (Å²) in [5, 5.41) is 9.56. The number of amides is 1. The third-order valence-electron chi connectivity index (χ3n) is 5.47. The van der Waals surface area contributed by atoms with Crippen LogP contribution in [0.2, 0.25) is 0 Å². The van der Waals surface area contributed by atoms with Crippen LogP contribution in [-0.4, -0.2) is 51.3 Å². The Labute approximate surface area is 158 Å². The molecule has 0 aliphatic heterocycles. The lowest BCUT2D eigenvalue weighted by Gasteiger charge is -2.21. The molecule has 0 spiro atoms. The van der Waals surface area contributed by atoms with Gasteiger partial charge in [-0.2, -0.15) is 0 Å². The van der Waals surface area contributed by atoms with Gasteiger partial charge in [-0.15, -0.1) is 0 Å². The average Bonchev–Trinajstić information content (AvgIpc) is 2.96. The van der Waals surface area contributed by atoms with Crippen LogP contribution in [-0.2, 0) is 9.53 Å². The van der Waals surface area contributed by atoms with Crippen LogP contribution < -0.4 is 16.0 Å². The molecular formula is C20H38N4O2. The fraction of sp³-hybridized carbons (Fsp3) is 0.900. The lowest BCUT2D eigenvalue weighted by Crippen LogP contribution is -2.43. The van der Waals surface area contributed by atoms with Crippen molar-refractivity contribution in [2.45, 2.75) is 76.7 Å². The molecule has 0 radical (unpaired) electrons. The van der Waals surface area contributed by atoms with Gasteiger partial charge in [0.1, 0.15) is 0 Å². The molecule has 6 nitrogen and oxygen atoms in total. The van der Waals surface area contributed by atoms with E-state index in [0.29, 0.717) is 25.8 Å². The van der Waals surface area contributed by atoms with Gasteiger partial charge in [-0.25, -0.2) is 0 Å². The van der Waals surface area contributed by atoms with E-state index in [9.17, 15) is 4.79 Å². The van der Waals surface area contributed by atoms with Crippen molar-refractivity contribution in [2.24, 2.45) is 10.9 Å². The maximum Gasteiger partial charge on any atom is 0.223 e. The van der Waals surface area contributed by atoms with E-state index in [1.54, 1.807) is 7.05 Å². The van der Waals surface area contributed by atoms with Crippen LogP contribution in [0.3, 0.4) is 0 Å². The Kier molecular flexibility index (Phi) is 10.5. The fourth-order valence-electron chi connectivity index (χ4n) is 3.90. The molecule has 0 atom stereocenters. The molecule has 0 aromatic rings. The summed E-state index contributed by atoms with van der Waals surface area (Å²) < 4.78 is 5.98. The lowest BCUT2D eigenvalue weighted by atomic mass is 9.89. The Morgan fingerprint density at radius 2 is 1.42 bits per heavy atom. The zero-order chi connectivity index (χ0) is 18.5. The quantitative estimate of drug-likeness (QED) is 0.267. The maximum atomic E-state index is 12.1. The Balaban J connectivity index is 1.50. The minimum absolute atomic E-state index is 0.214. The molecule has 2 fully saturated rings. The molecule has 2 aliphatic carbocycles. The lowest BCUT2D eigenvalue weighted by molar-refractivity contribution is -0.125. The van der Waals surface area contributed by atoms with E-state index < -0.39 is 0 Å². The number of ether oxygens (including phenoxy) is 1. The third kappa shape index (κ3) is 8.39. The van der Waals surface area contributed by atoms with Crippen molar-refractivity contribution in [2.75, 3.05) is 33.3 Å². The first-order valence-electron chi connectivity index (χ1n) is 10.6. The highest BCUT2D eigenvalue weighted by Gasteiger charge is 2.20. The van der Waals surface area contributed by atoms with Gasteiger partial charge in [0, 0.05) is 32.6 Å². The molecule has 0 saturated heterocycles. The highest BCUT2D eigenvalue weighted by atomic mass is 16.5. The second-order valence-corrected chi connectivity index (χ2v) is 7.54. The van der Waals surface area contributed by atoms with Crippen molar-refractivity contribution in [3.63, 3.8) is 0 Å². The van der Waals surface area contributed by atoms with Gasteiger partial charge in [-0.05, 0) is 25.7 Å². The largest absolute Gasteiger partial charge is 0.376 e. The fourth-order valence-corrected chi connectivity index (χ4v) is 3.90. The molecule has 0 aromatic carbocycles. The van der Waals surface area contributed by atoms with Crippen molar-refractivity contribution in [1.82, 2.24) is 16.0 Å². The van der Waals surface area contributed by atoms with Crippen LogP contribution in [0.15, 0.2) is 4.99 Å². The topological polar surface area (TPSA) is 74.8 Å². The van der Waals surface area contributed by atoms with Crippen LogP contribution >= 0.6 is 0 Å². The summed E-state index contributed by atoms with van der Waals surface area (Å²) in [6, 6.07) is 0. The summed E-state index contributed by atoms with van der Waals surface area (Å²) in [5.74, 6) is 1.20. The number of nitrogens with one attached hydrogen (secondary N) is 3. The molecule has 26 heavy (non-hydrogen) atoms. The van der Waals surface area contributed by atoms with Gasteiger partial charge in [0.15, 0.2) is 5.96 Å².